The number of pyridine rings is 1. The number of hydrogen-bond acceptors (Lipinski definition) is 3. The summed E-state index contributed by atoms with van der Waals surface area (Å²) in [6, 6.07) is 2.83. The summed E-state index contributed by atoms with van der Waals surface area (Å²) in [6.07, 6.45) is 2.31. The van der Waals surface area contributed by atoms with Crippen LogP contribution in [0.15, 0.2) is 24.5 Å². The number of carbonyl (C=O) groups excluding carboxylic acids is 1. The van der Waals surface area contributed by atoms with Crippen molar-refractivity contribution in [2.24, 2.45) is 0 Å². The molecule has 1 aromatic heterocycles. The summed E-state index contributed by atoms with van der Waals surface area (Å²) in [5.41, 5.74) is 1.53. The summed E-state index contributed by atoms with van der Waals surface area (Å²) in [6.45, 7) is 0. The van der Waals surface area contributed by atoms with Gasteiger partial charge in [-0.25, -0.2) is 5.48 Å². The Kier molecular flexibility index (Phi) is 2.03. The molecule has 1 rings (SSSR count). The molecule has 0 saturated carbocycles. The van der Waals surface area contributed by atoms with E-state index in [1.54, 1.807) is 0 Å². The van der Waals surface area contributed by atoms with Crippen LogP contribution in [0.5, 0.6) is 0 Å². The number of carbonyl (C=O) groups is 1. The Morgan fingerprint density at radius 3 is 3.00 bits per heavy atom. The van der Waals surface area contributed by atoms with E-state index in [0.29, 0.717) is 4.73 Å². The maximum Gasteiger partial charge on any atom is 0.280 e. The van der Waals surface area contributed by atoms with Gasteiger partial charge in [0.1, 0.15) is 5.56 Å². The van der Waals surface area contributed by atoms with Gasteiger partial charge in [-0.3, -0.25) is 10.0 Å². The molecule has 2 N–H and O–H groups in total. The quantitative estimate of drug-likeness (QED) is 0.246. The second-order valence-electron chi connectivity index (χ2n) is 1.89. The first-order valence-electron chi connectivity index (χ1n) is 2.87. The predicted octanol–water partition coefficient (Wildman–Crippen LogP) is -0.561. The number of hydrogen-bond donors (Lipinski definition) is 2. The Morgan fingerprint density at radius 1 is 1.73 bits per heavy atom. The molecule has 0 radical (unpaired) electrons. The van der Waals surface area contributed by atoms with Gasteiger partial charge in [0, 0.05) is 6.07 Å². The van der Waals surface area contributed by atoms with Crippen molar-refractivity contribution in [3.63, 3.8) is 0 Å². The van der Waals surface area contributed by atoms with E-state index in [9.17, 15) is 10.0 Å². The summed E-state index contributed by atoms with van der Waals surface area (Å²) in [7, 11) is 0. The molecular formula is C6H6N2O3. The van der Waals surface area contributed by atoms with Crippen LogP contribution in [-0.4, -0.2) is 11.1 Å². The first kappa shape index (κ1) is 7.49. The van der Waals surface area contributed by atoms with Gasteiger partial charge in [0.25, 0.3) is 5.91 Å². The average Bonchev–Trinajstić information content (AvgIpc) is 2.03. The zero-order valence-electron chi connectivity index (χ0n) is 5.52. The highest BCUT2D eigenvalue weighted by Gasteiger charge is 2.05. The Morgan fingerprint density at radius 2 is 2.45 bits per heavy atom. The minimum atomic E-state index is -0.699. The number of hydroxylamine groups is 1. The number of amides is 1. The van der Waals surface area contributed by atoms with Gasteiger partial charge in [0.2, 0.25) is 0 Å². The third-order valence-corrected chi connectivity index (χ3v) is 1.14. The van der Waals surface area contributed by atoms with E-state index in [4.69, 9.17) is 5.21 Å². The van der Waals surface area contributed by atoms with Crippen LogP contribution in [0, 0.1) is 5.21 Å². The molecule has 0 aromatic carbocycles. The predicted molar refractivity (Wildman–Crippen MR) is 34.7 cm³/mol. The third kappa shape index (κ3) is 1.65. The van der Waals surface area contributed by atoms with Crippen LogP contribution >= 0.6 is 0 Å². The van der Waals surface area contributed by atoms with Crippen molar-refractivity contribution in [3.8, 4) is 0 Å². The molecule has 0 aliphatic carbocycles. The molecule has 5 heteroatoms. The van der Waals surface area contributed by atoms with Crippen molar-refractivity contribution in [3.05, 3.63) is 35.3 Å². The summed E-state index contributed by atoms with van der Waals surface area (Å²) < 4.78 is 0.477. The van der Waals surface area contributed by atoms with Gasteiger partial charge in [-0.05, 0) is 6.07 Å². The van der Waals surface area contributed by atoms with E-state index in [2.05, 4.69) is 0 Å². The molecule has 0 saturated heterocycles. The highest BCUT2D eigenvalue weighted by Crippen LogP contribution is 1.91. The molecular weight excluding hydrogens is 148 g/mol. The molecule has 0 atom stereocenters. The van der Waals surface area contributed by atoms with Crippen molar-refractivity contribution < 1.29 is 14.7 Å². The molecule has 1 aromatic rings. The second kappa shape index (κ2) is 2.98. The lowest BCUT2D eigenvalue weighted by atomic mass is 10.3. The summed E-state index contributed by atoms with van der Waals surface area (Å²) in [5.74, 6) is -0.699. The SMILES string of the molecule is O=C(NO)c1ccc[n+]([O-])c1. The van der Waals surface area contributed by atoms with Crippen LogP contribution in [0.4, 0.5) is 0 Å². The second-order valence-corrected chi connectivity index (χ2v) is 1.89. The van der Waals surface area contributed by atoms with Gasteiger partial charge in [-0.15, -0.1) is 0 Å². The number of nitrogens with zero attached hydrogens (tertiary/aromatic N) is 1. The highest BCUT2D eigenvalue weighted by atomic mass is 16.5. The Hall–Kier alpha value is -1.62. The van der Waals surface area contributed by atoms with Crippen molar-refractivity contribution in [1.82, 2.24) is 5.48 Å². The maximum atomic E-state index is 10.7. The van der Waals surface area contributed by atoms with Crippen LogP contribution < -0.4 is 10.2 Å². The molecule has 0 fully saturated rings. The molecule has 0 unspecified atom stereocenters. The topological polar surface area (TPSA) is 76.3 Å². The smallest absolute Gasteiger partial charge is 0.280 e. The largest absolute Gasteiger partial charge is 0.619 e. The lowest BCUT2D eigenvalue weighted by Gasteiger charge is -1.97. The van der Waals surface area contributed by atoms with E-state index < -0.39 is 5.91 Å². The highest BCUT2D eigenvalue weighted by molar-refractivity contribution is 5.92. The van der Waals surface area contributed by atoms with Gasteiger partial charge < -0.3 is 5.21 Å². The van der Waals surface area contributed by atoms with Crippen molar-refractivity contribution in [2.75, 3.05) is 0 Å². The fourth-order valence-corrected chi connectivity index (χ4v) is 0.654. The van der Waals surface area contributed by atoms with Gasteiger partial charge in [0.05, 0.1) is 0 Å². The minimum Gasteiger partial charge on any atom is -0.619 e. The monoisotopic (exact) mass is 154 g/mol. The van der Waals surface area contributed by atoms with E-state index in [0.717, 1.165) is 6.20 Å². The number of aromatic nitrogens is 1. The fraction of sp³-hybridized carbons (Fsp3) is 0. The van der Waals surface area contributed by atoms with Gasteiger partial charge in [-0.1, -0.05) is 0 Å². The fourth-order valence-electron chi connectivity index (χ4n) is 0.654. The zero-order chi connectivity index (χ0) is 8.27. The molecule has 1 heterocycles. The molecule has 0 spiro atoms. The lowest BCUT2D eigenvalue weighted by molar-refractivity contribution is -0.605. The molecule has 0 bridgehead atoms. The van der Waals surface area contributed by atoms with Gasteiger partial charge in [-0.2, -0.15) is 4.73 Å². The molecule has 0 aliphatic rings. The normalized spacial score (nSPS) is 9.18. The molecule has 5 nitrogen and oxygen atoms in total. The lowest BCUT2D eigenvalue weighted by Crippen LogP contribution is -2.28. The van der Waals surface area contributed by atoms with E-state index >= 15 is 0 Å². The van der Waals surface area contributed by atoms with Crippen LogP contribution in [0.1, 0.15) is 10.4 Å². The van der Waals surface area contributed by atoms with E-state index in [-0.39, 0.29) is 5.56 Å². The molecule has 0 aliphatic heterocycles. The Labute approximate surface area is 62.4 Å². The van der Waals surface area contributed by atoms with E-state index in [1.807, 2.05) is 0 Å². The third-order valence-electron chi connectivity index (χ3n) is 1.14. The van der Waals surface area contributed by atoms with Crippen molar-refractivity contribution >= 4 is 5.91 Å². The molecule has 58 valence electrons. The van der Waals surface area contributed by atoms with Crippen LogP contribution in [0.25, 0.3) is 0 Å². The summed E-state index contributed by atoms with van der Waals surface area (Å²) in [4.78, 5) is 10.7. The first-order chi connectivity index (χ1) is 5.24. The minimum absolute atomic E-state index is 0.116. The summed E-state index contributed by atoms with van der Waals surface area (Å²) >= 11 is 0. The summed E-state index contributed by atoms with van der Waals surface area (Å²) in [5, 5.41) is 18.7. The molecule has 1 amide bonds. The van der Waals surface area contributed by atoms with Gasteiger partial charge >= 0.3 is 0 Å². The van der Waals surface area contributed by atoms with E-state index in [1.165, 1.54) is 23.8 Å². The maximum absolute atomic E-state index is 10.7. The zero-order valence-corrected chi connectivity index (χ0v) is 5.52. The number of nitrogens with one attached hydrogen (secondary N) is 1. The van der Waals surface area contributed by atoms with Crippen molar-refractivity contribution in [1.29, 1.82) is 0 Å². The van der Waals surface area contributed by atoms with Crippen LogP contribution in [0.3, 0.4) is 0 Å². The van der Waals surface area contributed by atoms with Crippen molar-refractivity contribution in [2.45, 2.75) is 0 Å². The standard InChI is InChI=1S/C6H6N2O3/c9-6(7-10)5-2-1-3-8(11)4-5/h1-4,10H,(H,7,9). The van der Waals surface area contributed by atoms with Gasteiger partial charge in [0.15, 0.2) is 12.4 Å². The van der Waals surface area contributed by atoms with Crippen LogP contribution in [0.2, 0.25) is 0 Å². The Balaban J connectivity index is 2.96. The molecule has 11 heavy (non-hydrogen) atoms. The Bertz CT molecular complexity index is 274. The number of rotatable bonds is 1. The average molecular weight is 154 g/mol. The van der Waals surface area contributed by atoms with Crippen LogP contribution in [-0.2, 0) is 0 Å². The first-order valence-corrected chi connectivity index (χ1v) is 2.87.